The largest absolute Gasteiger partial charge is 0.472 e. The van der Waals surface area contributed by atoms with Crippen LogP contribution >= 0.6 is 15.6 Å². The van der Waals surface area contributed by atoms with Crippen LogP contribution in [0.3, 0.4) is 0 Å². The summed E-state index contributed by atoms with van der Waals surface area (Å²) in [7, 11) is -9.91. The summed E-state index contributed by atoms with van der Waals surface area (Å²) in [5, 5.41) is 10.6. The van der Waals surface area contributed by atoms with E-state index in [4.69, 9.17) is 37.0 Å². The number of unbranched alkanes of at least 4 members (excludes halogenated alkanes) is 37. The lowest BCUT2D eigenvalue weighted by Crippen LogP contribution is -2.30. The van der Waals surface area contributed by atoms with Crippen LogP contribution in [-0.4, -0.2) is 96.7 Å². The summed E-state index contributed by atoms with van der Waals surface area (Å²) < 4.78 is 68.3. The first kappa shape index (κ1) is 91.1. The van der Waals surface area contributed by atoms with Gasteiger partial charge in [0.05, 0.1) is 26.4 Å². The van der Waals surface area contributed by atoms with Crippen molar-refractivity contribution < 1.29 is 80.2 Å². The van der Waals surface area contributed by atoms with E-state index in [-0.39, 0.29) is 25.7 Å². The van der Waals surface area contributed by atoms with E-state index in [1.165, 1.54) is 167 Å². The Bertz CT molecular complexity index is 1830. The second-order valence-corrected chi connectivity index (χ2v) is 31.5. The van der Waals surface area contributed by atoms with Gasteiger partial charge in [0.1, 0.15) is 19.3 Å². The third kappa shape index (κ3) is 68.4. The Morgan fingerprint density at radius 2 is 0.452 bits per heavy atom. The Kier molecular flexibility index (Phi) is 62.2. The quantitative estimate of drug-likeness (QED) is 0.0222. The highest BCUT2D eigenvalue weighted by molar-refractivity contribution is 7.47. The maximum absolute atomic E-state index is 13.0. The lowest BCUT2D eigenvalue weighted by molar-refractivity contribution is -0.161. The molecule has 0 aromatic carbocycles. The fourth-order valence-corrected chi connectivity index (χ4v) is 12.8. The number of rotatable bonds is 71. The lowest BCUT2D eigenvalue weighted by Gasteiger charge is -2.21. The second-order valence-electron chi connectivity index (χ2n) is 28.6. The molecule has 19 heteroatoms. The Morgan fingerprint density at radius 3 is 0.667 bits per heavy atom. The van der Waals surface area contributed by atoms with Gasteiger partial charge in [-0.1, -0.05) is 319 Å². The molecule has 0 amide bonds. The van der Waals surface area contributed by atoms with Crippen molar-refractivity contribution in [2.75, 3.05) is 39.6 Å². The molecule has 0 aromatic rings. The highest BCUT2D eigenvalue weighted by Gasteiger charge is 2.30. The molecule has 0 rings (SSSR count). The van der Waals surface area contributed by atoms with Crippen LogP contribution in [0.5, 0.6) is 0 Å². The molecule has 0 aliphatic rings. The zero-order valence-electron chi connectivity index (χ0n) is 60.9. The number of ether oxygens (including phenoxy) is 4. The number of hydrogen-bond acceptors (Lipinski definition) is 15. The Labute approximate surface area is 568 Å². The minimum absolute atomic E-state index is 0.102. The van der Waals surface area contributed by atoms with Crippen LogP contribution < -0.4 is 0 Å². The predicted molar refractivity (Wildman–Crippen MR) is 377 cm³/mol. The predicted octanol–water partition coefficient (Wildman–Crippen LogP) is 21.3. The third-order valence-corrected chi connectivity index (χ3v) is 19.0. The molecule has 0 aliphatic carbocycles. The smallest absolute Gasteiger partial charge is 0.462 e. The van der Waals surface area contributed by atoms with Gasteiger partial charge in [-0.3, -0.25) is 37.3 Å². The van der Waals surface area contributed by atoms with Crippen molar-refractivity contribution in [1.29, 1.82) is 0 Å². The number of carbonyl (C=O) groups excluding carboxylic acids is 4. The summed E-state index contributed by atoms with van der Waals surface area (Å²) in [6, 6.07) is 0. The van der Waals surface area contributed by atoms with Crippen molar-refractivity contribution in [3.63, 3.8) is 0 Å². The number of aliphatic hydroxyl groups excluding tert-OH is 1. The van der Waals surface area contributed by atoms with E-state index >= 15 is 0 Å². The summed E-state index contributed by atoms with van der Waals surface area (Å²) >= 11 is 0. The maximum Gasteiger partial charge on any atom is 0.472 e. The molecule has 0 heterocycles. The van der Waals surface area contributed by atoms with Crippen LogP contribution in [0.4, 0.5) is 0 Å². The Morgan fingerprint density at radius 1 is 0.269 bits per heavy atom. The topological polar surface area (TPSA) is 237 Å². The maximum atomic E-state index is 13.0. The monoisotopic (exact) mass is 1370 g/mol. The minimum Gasteiger partial charge on any atom is -0.462 e. The van der Waals surface area contributed by atoms with Crippen molar-refractivity contribution >= 4 is 39.5 Å². The lowest BCUT2D eigenvalue weighted by atomic mass is 10.0. The number of hydrogen-bond donors (Lipinski definition) is 3. The van der Waals surface area contributed by atoms with Crippen molar-refractivity contribution in [3.8, 4) is 0 Å². The molecular weight excluding hydrogens is 1220 g/mol. The van der Waals surface area contributed by atoms with Crippen LogP contribution in [-0.2, 0) is 65.4 Å². The average molecular weight is 1370 g/mol. The number of carbonyl (C=O) groups is 4. The molecular formula is C74H144O17P2. The first-order valence-electron chi connectivity index (χ1n) is 38.2. The zero-order chi connectivity index (χ0) is 68.9. The number of phosphoric acid groups is 2. The molecule has 93 heavy (non-hydrogen) atoms. The second kappa shape index (κ2) is 63.5. The van der Waals surface area contributed by atoms with Crippen LogP contribution in [0.15, 0.2) is 0 Å². The summed E-state index contributed by atoms with van der Waals surface area (Å²) in [6.07, 6.45) is 47.6. The van der Waals surface area contributed by atoms with Gasteiger partial charge in [-0.05, 0) is 49.4 Å². The van der Waals surface area contributed by atoms with Gasteiger partial charge in [-0.15, -0.1) is 0 Å². The molecule has 5 atom stereocenters. The number of esters is 4. The molecule has 0 saturated heterocycles. The third-order valence-electron chi connectivity index (χ3n) is 17.1. The van der Waals surface area contributed by atoms with Gasteiger partial charge in [-0.25, -0.2) is 9.13 Å². The van der Waals surface area contributed by atoms with Gasteiger partial charge in [-0.2, -0.15) is 0 Å². The summed E-state index contributed by atoms with van der Waals surface area (Å²) in [5.41, 5.74) is 0. The Balaban J connectivity index is 5.15. The Hall–Kier alpha value is -1.94. The van der Waals surface area contributed by atoms with Crippen molar-refractivity contribution in [2.24, 2.45) is 23.7 Å². The fraction of sp³-hybridized carbons (Fsp3) is 0.946. The molecule has 3 unspecified atom stereocenters. The molecule has 0 aromatic heterocycles. The summed E-state index contributed by atoms with van der Waals surface area (Å²) in [6.45, 7) is 14.1. The number of phosphoric ester groups is 2. The zero-order valence-corrected chi connectivity index (χ0v) is 62.7. The normalized spacial score (nSPS) is 14.2. The average Bonchev–Trinajstić information content (AvgIpc) is 3.71. The molecule has 0 fully saturated rings. The molecule has 0 bridgehead atoms. The molecule has 552 valence electrons. The van der Waals surface area contributed by atoms with Gasteiger partial charge in [0, 0.05) is 25.7 Å². The van der Waals surface area contributed by atoms with Gasteiger partial charge in [0.2, 0.25) is 0 Å². The van der Waals surface area contributed by atoms with Crippen LogP contribution in [0.25, 0.3) is 0 Å². The van der Waals surface area contributed by atoms with Gasteiger partial charge in [0.25, 0.3) is 0 Å². The van der Waals surface area contributed by atoms with E-state index in [9.17, 15) is 43.2 Å². The highest BCUT2D eigenvalue weighted by Crippen LogP contribution is 2.45. The minimum atomic E-state index is -4.95. The summed E-state index contributed by atoms with van der Waals surface area (Å²) in [5.74, 6) is 0.821. The van der Waals surface area contributed by atoms with Crippen molar-refractivity contribution in [2.45, 2.75) is 388 Å². The number of aliphatic hydroxyl groups is 1. The van der Waals surface area contributed by atoms with E-state index < -0.39 is 97.5 Å². The van der Waals surface area contributed by atoms with E-state index in [0.717, 1.165) is 108 Å². The van der Waals surface area contributed by atoms with Gasteiger partial charge in [0.15, 0.2) is 12.2 Å². The first-order chi connectivity index (χ1) is 44.6. The molecule has 0 radical (unpaired) electrons. The van der Waals surface area contributed by atoms with Gasteiger partial charge >= 0.3 is 39.5 Å². The highest BCUT2D eigenvalue weighted by atomic mass is 31.2. The van der Waals surface area contributed by atoms with E-state index in [1.54, 1.807) is 0 Å². The molecule has 0 spiro atoms. The molecule has 3 N–H and O–H groups in total. The molecule has 0 aliphatic heterocycles. The van der Waals surface area contributed by atoms with Crippen molar-refractivity contribution in [1.82, 2.24) is 0 Å². The van der Waals surface area contributed by atoms with Gasteiger partial charge < -0.3 is 33.8 Å². The first-order valence-corrected chi connectivity index (χ1v) is 41.2. The molecule has 17 nitrogen and oxygen atoms in total. The SMILES string of the molecule is CC(C)CCCCCCCCCCCCCCCCCC(=O)O[C@H](COC(=O)CCCCCCCCC(C)C)COP(=O)(O)OCC(O)COP(=O)(O)OC[C@@H](COC(=O)CCCCCCCCCCCCCCCCC(C)C)OC(=O)CCCCCCCCC(C)C. The van der Waals surface area contributed by atoms with E-state index in [0.29, 0.717) is 37.5 Å². The summed E-state index contributed by atoms with van der Waals surface area (Å²) in [4.78, 5) is 72.6. The van der Waals surface area contributed by atoms with Crippen molar-refractivity contribution in [3.05, 3.63) is 0 Å². The van der Waals surface area contributed by atoms with E-state index in [1.807, 2.05) is 0 Å². The van der Waals surface area contributed by atoms with Crippen LogP contribution in [0, 0.1) is 23.7 Å². The molecule has 0 saturated carbocycles. The standard InChI is InChI=1S/C74H144O17P2/c1-64(2)50-42-34-26-22-18-14-10-9-11-17-21-25-29-40-48-56-73(78)90-69(61-85-72(77)55-47-39-32-30-36-44-52-66(5)6)62-88-92(80,81)86-58-68(75)59-87-93(82,83)89-63-70(91-74(79)57-49-41-33-31-37-45-53-67(7)8)60-84-71(76)54-46-38-28-24-20-16-13-12-15-19-23-27-35-43-51-65(3)4/h64-70,75H,9-63H2,1-8H3,(H,80,81)(H,82,83)/t68?,69-,70-/m1/s1. The van der Waals surface area contributed by atoms with E-state index in [2.05, 4.69) is 55.4 Å². The fourth-order valence-electron chi connectivity index (χ4n) is 11.2. The van der Waals surface area contributed by atoms with Crippen LogP contribution in [0.1, 0.15) is 370 Å². The van der Waals surface area contributed by atoms with Crippen LogP contribution in [0.2, 0.25) is 0 Å².